The molecule has 2 aromatic rings. The van der Waals surface area contributed by atoms with Crippen molar-refractivity contribution >= 4 is 11.4 Å². The predicted octanol–water partition coefficient (Wildman–Crippen LogP) is 1.80. The molecule has 4 nitrogen and oxygen atoms in total. The Bertz CT molecular complexity index is 507. The lowest BCUT2D eigenvalue weighted by Gasteiger charge is -2.08. The number of aryl methyl sites for hydroxylation is 1. The van der Waals surface area contributed by atoms with Crippen LogP contribution in [0.25, 0.3) is 0 Å². The third-order valence-electron chi connectivity index (χ3n) is 2.48. The van der Waals surface area contributed by atoms with Gasteiger partial charge in [-0.15, -0.1) is 0 Å². The Kier molecular flexibility index (Phi) is 3.27. The summed E-state index contributed by atoms with van der Waals surface area (Å²) in [6.45, 7) is 0.671. The van der Waals surface area contributed by atoms with E-state index >= 15 is 0 Å². The van der Waals surface area contributed by atoms with E-state index in [1.807, 2.05) is 19.3 Å². The number of benzene rings is 1. The summed E-state index contributed by atoms with van der Waals surface area (Å²) in [6.07, 6.45) is 2.67. The van der Waals surface area contributed by atoms with Gasteiger partial charge < -0.3 is 11.1 Å². The maximum absolute atomic E-state index is 13.0. The van der Waals surface area contributed by atoms with Crippen molar-refractivity contribution in [3.05, 3.63) is 42.0 Å². The summed E-state index contributed by atoms with van der Waals surface area (Å²) < 4.78 is 14.7. The maximum Gasteiger partial charge on any atom is 0.125 e. The van der Waals surface area contributed by atoms with Crippen molar-refractivity contribution in [1.82, 2.24) is 9.78 Å². The standard InChI is InChI=1S/C12H15FN4/c1-17-7-5-10(16-17)4-6-15-12-8-9(13)2-3-11(12)14/h2-3,5,7-8,15H,4,6,14H2,1H3. The average Bonchev–Trinajstić information content (AvgIpc) is 2.69. The first-order valence-electron chi connectivity index (χ1n) is 5.42. The minimum absolute atomic E-state index is 0.292. The van der Waals surface area contributed by atoms with Gasteiger partial charge in [0.05, 0.1) is 17.1 Å². The van der Waals surface area contributed by atoms with Gasteiger partial charge in [0.2, 0.25) is 0 Å². The number of nitrogens with zero attached hydrogens (tertiary/aromatic N) is 2. The van der Waals surface area contributed by atoms with Crippen LogP contribution in [-0.2, 0) is 13.5 Å². The second-order valence-electron chi connectivity index (χ2n) is 3.89. The average molecular weight is 234 g/mol. The Balaban J connectivity index is 1.91. The van der Waals surface area contributed by atoms with Crippen LogP contribution in [-0.4, -0.2) is 16.3 Å². The SMILES string of the molecule is Cn1ccc(CCNc2cc(F)ccc2N)n1. The molecule has 17 heavy (non-hydrogen) atoms. The van der Waals surface area contributed by atoms with Gasteiger partial charge in [0.15, 0.2) is 0 Å². The first-order valence-corrected chi connectivity index (χ1v) is 5.42. The number of nitrogens with two attached hydrogens (primary N) is 1. The number of anilines is 2. The molecule has 0 radical (unpaired) electrons. The molecule has 0 atom stereocenters. The highest BCUT2D eigenvalue weighted by Crippen LogP contribution is 2.18. The van der Waals surface area contributed by atoms with Gasteiger partial charge in [-0.2, -0.15) is 5.10 Å². The number of halogens is 1. The van der Waals surface area contributed by atoms with Gasteiger partial charge in [-0.3, -0.25) is 4.68 Å². The van der Waals surface area contributed by atoms with Gasteiger partial charge in [-0.05, 0) is 24.3 Å². The second kappa shape index (κ2) is 4.86. The Morgan fingerprint density at radius 1 is 1.41 bits per heavy atom. The Hall–Kier alpha value is -2.04. The van der Waals surface area contributed by atoms with Crippen LogP contribution in [0.4, 0.5) is 15.8 Å². The quantitative estimate of drug-likeness (QED) is 0.793. The molecule has 1 aromatic heterocycles. The normalized spacial score (nSPS) is 10.5. The lowest BCUT2D eigenvalue weighted by Crippen LogP contribution is -2.07. The van der Waals surface area contributed by atoms with Gasteiger partial charge >= 0.3 is 0 Å². The van der Waals surface area contributed by atoms with E-state index < -0.39 is 0 Å². The molecule has 1 heterocycles. The highest BCUT2D eigenvalue weighted by atomic mass is 19.1. The maximum atomic E-state index is 13.0. The van der Waals surface area contributed by atoms with Crippen LogP contribution >= 0.6 is 0 Å². The highest BCUT2D eigenvalue weighted by Gasteiger charge is 2.01. The van der Waals surface area contributed by atoms with Crippen LogP contribution in [0.2, 0.25) is 0 Å². The van der Waals surface area contributed by atoms with E-state index in [1.54, 1.807) is 10.7 Å². The number of hydrogen-bond acceptors (Lipinski definition) is 3. The Labute approximate surface area is 99.2 Å². The van der Waals surface area contributed by atoms with Crippen LogP contribution in [0.15, 0.2) is 30.5 Å². The van der Waals surface area contributed by atoms with E-state index in [2.05, 4.69) is 10.4 Å². The number of hydrogen-bond donors (Lipinski definition) is 2. The van der Waals surface area contributed by atoms with Gasteiger partial charge in [-0.25, -0.2) is 4.39 Å². The van der Waals surface area contributed by atoms with E-state index in [0.717, 1.165) is 12.1 Å². The van der Waals surface area contributed by atoms with E-state index in [4.69, 9.17) is 5.73 Å². The lowest BCUT2D eigenvalue weighted by atomic mass is 10.2. The third kappa shape index (κ3) is 2.96. The summed E-state index contributed by atoms with van der Waals surface area (Å²) in [5, 5.41) is 7.35. The molecule has 1 aromatic carbocycles. The zero-order chi connectivity index (χ0) is 12.3. The van der Waals surface area contributed by atoms with Crippen LogP contribution in [0.5, 0.6) is 0 Å². The predicted molar refractivity (Wildman–Crippen MR) is 66.2 cm³/mol. The van der Waals surface area contributed by atoms with Gasteiger partial charge in [0, 0.05) is 26.2 Å². The van der Waals surface area contributed by atoms with Gasteiger partial charge in [0.25, 0.3) is 0 Å². The molecular formula is C12H15FN4. The molecule has 0 bridgehead atoms. The summed E-state index contributed by atoms with van der Waals surface area (Å²) in [6, 6.07) is 6.25. The molecule has 90 valence electrons. The molecule has 0 fully saturated rings. The largest absolute Gasteiger partial charge is 0.397 e. The van der Waals surface area contributed by atoms with Crippen LogP contribution in [0.1, 0.15) is 5.69 Å². The van der Waals surface area contributed by atoms with E-state index in [9.17, 15) is 4.39 Å². The van der Waals surface area contributed by atoms with Crippen molar-refractivity contribution in [3.8, 4) is 0 Å². The van der Waals surface area contributed by atoms with Gasteiger partial charge in [-0.1, -0.05) is 0 Å². The molecule has 0 spiro atoms. The second-order valence-corrected chi connectivity index (χ2v) is 3.89. The number of aromatic nitrogens is 2. The van der Waals surface area contributed by atoms with Gasteiger partial charge in [0.1, 0.15) is 5.82 Å². The molecule has 0 saturated carbocycles. The fraction of sp³-hybridized carbons (Fsp3) is 0.250. The molecule has 0 aliphatic heterocycles. The topological polar surface area (TPSA) is 55.9 Å². The molecule has 0 saturated heterocycles. The molecule has 2 rings (SSSR count). The summed E-state index contributed by atoms with van der Waals surface area (Å²) in [5.74, 6) is -0.292. The molecule has 0 aliphatic carbocycles. The summed E-state index contributed by atoms with van der Waals surface area (Å²) in [5.41, 5.74) is 7.89. The molecule has 0 aliphatic rings. The van der Waals surface area contributed by atoms with Crippen molar-refractivity contribution < 1.29 is 4.39 Å². The first kappa shape index (κ1) is 11.4. The Morgan fingerprint density at radius 2 is 2.24 bits per heavy atom. The number of nitrogen functional groups attached to an aromatic ring is 1. The van der Waals surface area contributed by atoms with Crippen molar-refractivity contribution in [2.75, 3.05) is 17.6 Å². The molecular weight excluding hydrogens is 219 g/mol. The van der Waals surface area contributed by atoms with Crippen LogP contribution in [0.3, 0.4) is 0 Å². The monoisotopic (exact) mass is 234 g/mol. The van der Waals surface area contributed by atoms with E-state index in [0.29, 0.717) is 17.9 Å². The van der Waals surface area contributed by atoms with E-state index in [-0.39, 0.29) is 5.82 Å². The Morgan fingerprint density at radius 3 is 2.94 bits per heavy atom. The molecule has 0 amide bonds. The molecule has 0 unspecified atom stereocenters. The van der Waals surface area contributed by atoms with Crippen molar-refractivity contribution in [2.24, 2.45) is 7.05 Å². The first-order chi connectivity index (χ1) is 8.15. The summed E-state index contributed by atoms with van der Waals surface area (Å²) in [7, 11) is 1.88. The zero-order valence-corrected chi connectivity index (χ0v) is 9.65. The minimum Gasteiger partial charge on any atom is -0.397 e. The van der Waals surface area contributed by atoms with E-state index in [1.165, 1.54) is 12.1 Å². The van der Waals surface area contributed by atoms with Crippen LogP contribution < -0.4 is 11.1 Å². The van der Waals surface area contributed by atoms with Crippen LogP contribution in [0, 0.1) is 5.82 Å². The minimum atomic E-state index is -0.292. The summed E-state index contributed by atoms with van der Waals surface area (Å²) >= 11 is 0. The van der Waals surface area contributed by atoms with Crippen molar-refractivity contribution in [1.29, 1.82) is 0 Å². The smallest absolute Gasteiger partial charge is 0.125 e. The third-order valence-corrected chi connectivity index (χ3v) is 2.48. The fourth-order valence-electron chi connectivity index (χ4n) is 1.60. The highest BCUT2D eigenvalue weighted by molar-refractivity contribution is 5.65. The number of nitrogens with one attached hydrogen (secondary N) is 1. The summed E-state index contributed by atoms with van der Waals surface area (Å²) in [4.78, 5) is 0. The molecule has 3 N–H and O–H groups in total. The molecule has 5 heteroatoms. The zero-order valence-electron chi connectivity index (χ0n) is 9.65. The number of rotatable bonds is 4. The lowest BCUT2D eigenvalue weighted by molar-refractivity contribution is 0.628. The van der Waals surface area contributed by atoms with Crippen molar-refractivity contribution in [3.63, 3.8) is 0 Å². The fourth-order valence-corrected chi connectivity index (χ4v) is 1.60. The van der Waals surface area contributed by atoms with Crippen molar-refractivity contribution in [2.45, 2.75) is 6.42 Å².